The Balaban J connectivity index is 2.09. The van der Waals surface area contributed by atoms with Crippen LogP contribution in [0.1, 0.15) is 30.1 Å². The van der Waals surface area contributed by atoms with E-state index in [4.69, 9.17) is 4.74 Å². The number of carbonyl (C=O) groups excluding carboxylic acids is 1. The van der Waals surface area contributed by atoms with E-state index in [0.29, 0.717) is 6.04 Å². The minimum Gasteiger partial charge on any atom is -0.383 e. The van der Waals surface area contributed by atoms with Crippen molar-refractivity contribution in [1.82, 2.24) is 0 Å². The van der Waals surface area contributed by atoms with Crippen LogP contribution in [-0.4, -0.2) is 32.1 Å². The van der Waals surface area contributed by atoms with Crippen molar-refractivity contribution in [3.05, 3.63) is 29.8 Å². The first-order chi connectivity index (χ1) is 8.22. The van der Waals surface area contributed by atoms with Crippen molar-refractivity contribution in [3.8, 4) is 0 Å². The van der Waals surface area contributed by atoms with Gasteiger partial charge in [-0.25, -0.2) is 0 Å². The molecule has 2 rings (SSSR count). The minimum absolute atomic E-state index is 0.117. The highest BCUT2D eigenvalue weighted by atomic mass is 16.5. The highest BCUT2D eigenvalue weighted by molar-refractivity contribution is 5.94. The summed E-state index contributed by atoms with van der Waals surface area (Å²) in [4.78, 5) is 13.6. The second-order valence-corrected chi connectivity index (χ2v) is 4.52. The zero-order valence-electron chi connectivity index (χ0n) is 10.5. The standard InChI is InChI=1S/C14H19NO2/c1-11(16)12-3-5-13(6-4-12)15(9-10-17-2)14-7-8-14/h3-6,14H,7-10H2,1-2H3. The Bertz CT molecular complexity index is 382. The molecule has 0 N–H and O–H groups in total. The van der Waals surface area contributed by atoms with Crippen LogP contribution in [0.25, 0.3) is 0 Å². The zero-order valence-corrected chi connectivity index (χ0v) is 10.5. The van der Waals surface area contributed by atoms with Gasteiger partial charge in [-0.1, -0.05) is 0 Å². The molecular weight excluding hydrogens is 214 g/mol. The fourth-order valence-corrected chi connectivity index (χ4v) is 1.99. The van der Waals surface area contributed by atoms with E-state index < -0.39 is 0 Å². The third-order valence-corrected chi connectivity index (χ3v) is 3.13. The van der Waals surface area contributed by atoms with Crippen LogP contribution in [0.2, 0.25) is 0 Å². The van der Waals surface area contributed by atoms with Gasteiger partial charge in [0.1, 0.15) is 0 Å². The molecule has 1 aliphatic rings. The molecule has 3 nitrogen and oxygen atoms in total. The van der Waals surface area contributed by atoms with Gasteiger partial charge in [0.2, 0.25) is 0 Å². The average Bonchev–Trinajstić information content (AvgIpc) is 3.14. The van der Waals surface area contributed by atoms with Crippen molar-refractivity contribution >= 4 is 11.5 Å². The molecular formula is C14H19NO2. The Kier molecular flexibility index (Phi) is 3.79. The largest absolute Gasteiger partial charge is 0.383 e. The van der Waals surface area contributed by atoms with Gasteiger partial charge in [-0.2, -0.15) is 0 Å². The number of rotatable bonds is 6. The van der Waals surface area contributed by atoms with Crippen molar-refractivity contribution < 1.29 is 9.53 Å². The number of benzene rings is 1. The summed E-state index contributed by atoms with van der Waals surface area (Å²) >= 11 is 0. The lowest BCUT2D eigenvalue weighted by atomic mass is 10.1. The van der Waals surface area contributed by atoms with Crippen LogP contribution in [0, 0.1) is 0 Å². The lowest BCUT2D eigenvalue weighted by molar-refractivity contribution is 0.101. The summed E-state index contributed by atoms with van der Waals surface area (Å²) in [7, 11) is 1.73. The summed E-state index contributed by atoms with van der Waals surface area (Å²) in [5.74, 6) is 0.117. The Hall–Kier alpha value is -1.35. The molecule has 0 aromatic heterocycles. The van der Waals surface area contributed by atoms with Crippen LogP contribution in [0.3, 0.4) is 0 Å². The second-order valence-electron chi connectivity index (χ2n) is 4.52. The van der Waals surface area contributed by atoms with Gasteiger partial charge in [0.05, 0.1) is 6.61 Å². The molecule has 0 unspecified atom stereocenters. The first-order valence-electron chi connectivity index (χ1n) is 6.09. The molecule has 0 saturated heterocycles. The first kappa shape index (κ1) is 12.1. The third-order valence-electron chi connectivity index (χ3n) is 3.13. The molecule has 0 aliphatic heterocycles. The number of carbonyl (C=O) groups is 1. The smallest absolute Gasteiger partial charge is 0.159 e. The Morgan fingerprint density at radius 3 is 2.47 bits per heavy atom. The monoisotopic (exact) mass is 233 g/mol. The van der Waals surface area contributed by atoms with Gasteiger partial charge >= 0.3 is 0 Å². The zero-order chi connectivity index (χ0) is 12.3. The number of hydrogen-bond donors (Lipinski definition) is 0. The Labute approximate surface area is 102 Å². The molecule has 0 heterocycles. The van der Waals surface area contributed by atoms with E-state index in [1.807, 2.05) is 24.3 Å². The predicted octanol–water partition coefficient (Wildman–Crippen LogP) is 2.50. The van der Waals surface area contributed by atoms with Crippen LogP contribution in [0.15, 0.2) is 24.3 Å². The SMILES string of the molecule is COCCN(c1ccc(C(C)=O)cc1)C1CC1. The van der Waals surface area contributed by atoms with Gasteiger partial charge in [0, 0.05) is 30.9 Å². The highest BCUT2D eigenvalue weighted by Gasteiger charge is 2.28. The summed E-state index contributed by atoms with van der Waals surface area (Å²) < 4.78 is 5.14. The van der Waals surface area contributed by atoms with Gasteiger partial charge in [0.15, 0.2) is 5.78 Å². The summed E-state index contributed by atoms with van der Waals surface area (Å²) in [5, 5.41) is 0. The molecule has 1 aromatic carbocycles. The number of hydrogen-bond acceptors (Lipinski definition) is 3. The van der Waals surface area contributed by atoms with E-state index in [1.54, 1.807) is 14.0 Å². The van der Waals surface area contributed by atoms with E-state index in [2.05, 4.69) is 4.90 Å². The van der Waals surface area contributed by atoms with E-state index in [1.165, 1.54) is 18.5 Å². The molecule has 92 valence electrons. The number of nitrogens with zero attached hydrogens (tertiary/aromatic N) is 1. The maximum absolute atomic E-state index is 11.2. The number of Topliss-reactive ketones (excluding diaryl/α,β-unsaturated/α-hetero) is 1. The first-order valence-corrected chi connectivity index (χ1v) is 6.09. The van der Waals surface area contributed by atoms with Crippen LogP contribution >= 0.6 is 0 Å². The maximum atomic E-state index is 11.2. The summed E-state index contributed by atoms with van der Waals surface area (Å²) in [5.41, 5.74) is 1.96. The molecule has 1 aliphatic carbocycles. The fraction of sp³-hybridized carbons (Fsp3) is 0.500. The number of methoxy groups -OCH3 is 1. The second kappa shape index (κ2) is 5.32. The van der Waals surface area contributed by atoms with E-state index in [9.17, 15) is 4.79 Å². The number of ketones is 1. The predicted molar refractivity (Wildman–Crippen MR) is 68.7 cm³/mol. The normalized spacial score (nSPS) is 14.7. The van der Waals surface area contributed by atoms with Gasteiger partial charge in [0.25, 0.3) is 0 Å². The van der Waals surface area contributed by atoms with E-state index in [0.717, 1.165) is 18.7 Å². The van der Waals surface area contributed by atoms with E-state index in [-0.39, 0.29) is 5.78 Å². The molecule has 0 bridgehead atoms. The van der Waals surface area contributed by atoms with E-state index >= 15 is 0 Å². The van der Waals surface area contributed by atoms with Crippen molar-refractivity contribution in [3.63, 3.8) is 0 Å². The minimum atomic E-state index is 0.117. The summed E-state index contributed by atoms with van der Waals surface area (Å²) in [6, 6.07) is 8.53. The Morgan fingerprint density at radius 2 is 2.00 bits per heavy atom. The van der Waals surface area contributed by atoms with Crippen molar-refractivity contribution in [2.45, 2.75) is 25.8 Å². The molecule has 17 heavy (non-hydrogen) atoms. The van der Waals surface area contributed by atoms with Crippen LogP contribution < -0.4 is 4.90 Å². The third kappa shape index (κ3) is 3.07. The van der Waals surface area contributed by atoms with Crippen molar-refractivity contribution in [1.29, 1.82) is 0 Å². The quantitative estimate of drug-likeness (QED) is 0.707. The lowest BCUT2D eigenvalue weighted by Crippen LogP contribution is -2.29. The molecule has 3 heteroatoms. The molecule has 1 fully saturated rings. The van der Waals surface area contributed by atoms with Gasteiger partial charge < -0.3 is 9.64 Å². The molecule has 0 atom stereocenters. The fourth-order valence-electron chi connectivity index (χ4n) is 1.99. The number of ether oxygens (including phenoxy) is 1. The molecule has 1 aromatic rings. The van der Waals surface area contributed by atoms with Crippen molar-refractivity contribution in [2.24, 2.45) is 0 Å². The highest BCUT2D eigenvalue weighted by Crippen LogP contribution is 2.31. The van der Waals surface area contributed by atoms with Crippen LogP contribution in [-0.2, 0) is 4.74 Å². The topological polar surface area (TPSA) is 29.5 Å². The molecule has 0 spiro atoms. The molecule has 0 radical (unpaired) electrons. The van der Waals surface area contributed by atoms with Gasteiger partial charge in [-0.3, -0.25) is 4.79 Å². The lowest BCUT2D eigenvalue weighted by Gasteiger charge is -2.24. The molecule has 0 amide bonds. The van der Waals surface area contributed by atoms with Gasteiger partial charge in [-0.15, -0.1) is 0 Å². The summed E-state index contributed by atoms with van der Waals surface area (Å²) in [6.07, 6.45) is 2.52. The van der Waals surface area contributed by atoms with Crippen LogP contribution in [0.5, 0.6) is 0 Å². The molecule has 1 saturated carbocycles. The number of anilines is 1. The summed E-state index contributed by atoms with van der Waals surface area (Å²) in [6.45, 7) is 3.25. The van der Waals surface area contributed by atoms with Crippen molar-refractivity contribution in [2.75, 3.05) is 25.2 Å². The maximum Gasteiger partial charge on any atom is 0.159 e. The Morgan fingerprint density at radius 1 is 1.35 bits per heavy atom. The average molecular weight is 233 g/mol. The van der Waals surface area contributed by atoms with Crippen LogP contribution in [0.4, 0.5) is 5.69 Å². The van der Waals surface area contributed by atoms with Gasteiger partial charge in [-0.05, 0) is 44.0 Å².